The second-order valence-electron chi connectivity index (χ2n) is 6.75. The molecule has 2 saturated heterocycles. The maximum Gasteiger partial charge on any atom is 0.120 e. The molecule has 0 saturated carbocycles. The topological polar surface area (TPSA) is 21.7 Å². The van der Waals surface area contributed by atoms with Gasteiger partial charge in [-0.05, 0) is 69.4 Å². The van der Waals surface area contributed by atoms with Crippen LogP contribution in [0.15, 0.2) is 29.2 Å². The fourth-order valence-corrected chi connectivity index (χ4v) is 4.27. The molecule has 1 unspecified atom stereocenters. The van der Waals surface area contributed by atoms with E-state index in [0.29, 0.717) is 17.3 Å². The molecule has 0 aromatic heterocycles. The van der Waals surface area contributed by atoms with Gasteiger partial charge in [-0.25, -0.2) is 0 Å². The first-order valence-corrected chi connectivity index (χ1v) is 9.26. The van der Waals surface area contributed by atoms with Crippen molar-refractivity contribution in [3.05, 3.63) is 24.3 Å². The van der Waals surface area contributed by atoms with Crippen LogP contribution in [0.25, 0.3) is 0 Å². The highest BCUT2D eigenvalue weighted by molar-refractivity contribution is 7.99. The van der Waals surface area contributed by atoms with Gasteiger partial charge in [0, 0.05) is 4.90 Å². The number of thioether (sulfide) groups is 1. The number of nitrogens with zero attached hydrogens (tertiary/aromatic N) is 1. The molecule has 2 fully saturated rings. The Morgan fingerprint density at radius 3 is 2.86 bits per heavy atom. The maximum atomic E-state index is 6.03. The van der Waals surface area contributed by atoms with Gasteiger partial charge in [-0.1, -0.05) is 24.8 Å². The highest BCUT2D eigenvalue weighted by Crippen LogP contribution is 2.34. The molecular formula is C18H27NO2S. The largest absolute Gasteiger partial charge is 0.493 e. The molecule has 0 spiro atoms. The Bertz CT molecular complexity index is 474. The average Bonchev–Trinajstić information content (AvgIpc) is 2.92. The molecular weight excluding hydrogens is 294 g/mol. The summed E-state index contributed by atoms with van der Waals surface area (Å²) >= 11 is 1.82. The van der Waals surface area contributed by atoms with Gasteiger partial charge in [0.05, 0.1) is 13.2 Å². The van der Waals surface area contributed by atoms with Crippen LogP contribution in [0, 0.1) is 11.8 Å². The lowest BCUT2D eigenvalue weighted by molar-refractivity contribution is 0.160. The van der Waals surface area contributed by atoms with Gasteiger partial charge in [-0.15, -0.1) is 0 Å². The number of likely N-dealkylation sites (tertiary alicyclic amines) is 1. The lowest BCUT2D eigenvalue weighted by Crippen LogP contribution is -2.32. The minimum absolute atomic E-state index is 0.305. The standard InChI is InChI=1S/C18H27NO2S/c1-14-10-18(21-12-14)22-17-5-3-4-16(11-17)20-13-15-6-8-19(2)9-7-15/h3-5,11,14-15,18H,6-10,12-13H2,1-2H3/t14-,18?/m1/s1. The van der Waals surface area contributed by atoms with Crippen LogP contribution >= 0.6 is 11.8 Å². The molecule has 22 heavy (non-hydrogen) atoms. The Morgan fingerprint density at radius 1 is 1.32 bits per heavy atom. The number of rotatable bonds is 5. The predicted molar refractivity (Wildman–Crippen MR) is 91.5 cm³/mol. The van der Waals surface area contributed by atoms with Crippen molar-refractivity contribution in [2.45, 2.75) is 36.5 Å². The Balaban J connectivity index is 1.48. The van der Waals surface area contributed by atoms with E-state index in [1.807, 2.05) is 11.8 Å². The summed E-state index contributed by atoms with van der Waals surface area (Å²) in [6.07, 6.45) is 3.64. The molecule has 0 bridgehead atoms. The fourth-order valence-electron chi connectivity index (χ4n) is 3.05. The molecule has 2 aliphatic heterocycles. The van der Waals surface area contributed by atoms with E-state index in [1.165, 1.54) is 30.8 Å². The summed E-state index contributed by atoms with van der Waals surface area (Å²) in [7, 11) is 2.20. The highest BCUT2D eigenvalue weighted by Gasteiger charge is 2.23. The van der Waals surface area contributed by atoms with Crippen molar-refractivity contribution >= 4 is 11.8 Å². The van der Waals surface area contributed by atoms with Crippen LogP contribution in [-0.2, 0) is 4.74 Å². The van der Waals surface area contributed by atoms with Crippen LogP contribution in [0.3, 0.4) is 0 Å². The van der Waals surface area contributed by atoms with Crippen molar-refractivity contribution in [3.8, 4) is 5.75 Å². The molecule has 3 rings (SSSR count). The molecule has 0 aliphatic carbocycles. The molecule has 122 valence electrons. The van der Waals surface area contributed by atoms with Gasteiger partial charge in [-0.3, -0.25) is 0 Å². The van der Waals surface area contributed by atoms with E-state index in [0.717, 1.165) is 25.4 Å². The molecule has 0 amide bonds. The van der Waals surface area contributed by atoms with Crippen LogP contribution in [-0.4, -0.2) is 43.7 Å². The number of piperidine rings is 1. The van der Waals surface area contributed by atoms with Crippen LogP contribution < -0.4 is 4.74 Å². The molecule has 2 atom stereocenters. The summed E-state index contributed by atoms with van der Waals surface area (Å²) in [5.41, 5.74) is 0.305. The SMILES string of the molecule is C[C@H]1COC(Sc2cccc(OCC3CCN(C)CC3)c2)C1. The monoisotopic (exact) mass is 321 g/mol. The third-order valence-corrected chi connectivity index (χ3v) is 5.68. The second kappa shape index (κ2) is 7.71. The van der Waals surface area contributed by atoms with E-state index in [1.54, 1.807) is 0 Å². The quantitative estimate of drug-likeness (QED) is 0.820. The van der Waals surface area contributed by atoms with Gasteiger partial charge in [-0.2, -0.15) is 0 Å². The first-order valence-electron chi connectivity index (χ1n) is 8.38. The third-order valence-electron chi connectivity index (χ3n) is 4.56. The first-order chi connectivity index (χ1) is 10.7. The van der Waals surface area contributed by atoms with Crippen molar-refractivity contribution < 1.29 is 9.47 Å². The normalized spacial score (nSPS) is 27.2. The smallest absolute Gasteiger partial charge is 0.120 e. The lowest BCUT2D eigenvalue weighted by Gasteiger charge is -2.28. The van der Waals surface area contributed by atoms with E-state index in [2.05, 4.69) is 43.1 Å². The Labute approximate surface area is 138 Å². The van der Waals surface area contributed by atoms with E-state index in [4.69, 9.17) is 9.47 Å². The summed E-state index contributed by atoms with van der Waals surface area (Å²) in [6, 6.07) is 8.47. The molecule has 1 aromatic carbocycles. The average molecular weight is 321 g/mol. The zero-order valence-corrected chi connectivity index (χ0v) is 14.5. The number of hydrogen-bond donors (Lipinski definition) is 0. The van der Waals surface area contributed by atoms with Gasteiger partial charge in [0.15, 0.2) is 0 Å². The van der Waals surface area contributed by atoms with Crippen molar-refractivity contribution in [1.29, 1.82) is 0 Å². The lowest BCUT2D eigenvalue weighted by atomic mass is 9.98. The van der Waals surface area contributed by atoms with Gasteiger partial charge in [0.1, 0.15) is 11.2 Å². The minimum atomic E-state index is 0.305. The van der Waals surface area contributed by atoms with E-state index < -0.39 is 0 Å². The van der Waals surface area contributed by atoms with Crippen molar-refractivity contribution in [2.24, 2.45) is 11.8 Å². The van der Waals surface area contributed by atoms with Crippen LogP contribution in [0.4, 0.5) is 0 Å². The third kappa shape index (κ3) is 4.64. The molecule has 3 nitrogen and oxygen atoms in total. The Morgan fingerprint density at radius 2 is 2.14 bits per heavy atom. The molecule has 1 aromatic rings. The van der Waals surface area contributed by atoms with Gasteiger partial charge in [0.2, 0.25) is 0 Å². The zero-order valence-electron chi connectivity index (χ0n) is 13.7. The van der Waals surface area contributed by atoms with Crippen molar-refractivity contribution in [3.63, 3.8) is 0 Å². The summed E-state index contributed by atoms with van der Waals surface area (Å²) < 4.78 is 11.8. The van der Waals surface area contributed by atoms with Crippen LogP contribution in [0.2, 0.25) is 0 Å². The Hall–Kier alpha value is -0.710. The Kier molecular flexibility index (Phi) is 5.66. The van der Waals surface area contributed by atoms with Crippen LogP contribution in [0.1, 0.15) is 26.2 Å². The van der Waals surface area contributed by atoms with E-state index in [9.17, 15) is 0 Å². The highest BCUT2D eigenvalue weighted by atomic mass is 32.2. The van der Waals surface area contributed by atoms with Gasteiger partial charge < -0.3 is 14.4 Å². The molecule has 0 N–H and O–H groups in total. The zero-order chi connectivity index (χ0) is 15.4. The first kappa shape index (κ1) is 16.2. The summed E-state index contributed by atoms with van der Waals surface area (Å²) in [5, 5.41) is 0. The summed E-state index contributed by atoms with van der Waals surface area (Å²) in [5.74, 6) is 2.38. The van der Waals surface area contributed by atoms with Crippen molar-refractivity contribution in [1.82, 2.24) is 4.90 Å². The van der Waals surface area contributed by atoms with E-state index >= 15 is 0 Å². The van der Waals surface area contributed by atoms with E-state index in [-0.39, 0.29) is 0 Å². The molecule has 2 heterocycles. The minimum Gasteiger partial charge on any atom is -0.493 e. The molecule has 4 heteroatoms. The van der Waals surface area contributed by atoms with Gasteiger partial charge in [0.25, 0.3) is 0 Å². The maximum absolute atomic E-state index is 6.03. The second-order valence-corrected chi connectivity index (χ2v) is 7.99. The number of benzene rings is 1. The summed E-state index contributed by atoms with van der Waals surface area (Å²) in [6.45, 7) is 6.38. The molecule has 0 radical (unpaired) electrons. The van der Waals surface area contributed by atoms with Crippen molar-refractivity contribution in [2.75, 3.05) is 33.4 Å². The number of hydrogen-bond acceptors (Lipinski definition) is 4. The van der Waals surface area contributed by atoms with Gasteiger partial charge >= 0.3 is 0 Å². The number of ether oxygens (including phenoxy) is 2. The summed E-state index contributed by atoms with van der Waals surface area (Å²) in [4.78, 5) is 3.65. The fraction of sp³-hybridized carbons (Fsp3) is 0.667. The van der Waals surface area contributed by atoms with Crippen LogP contribution in [0.5, 0.6) is 5.75 Å². The molecule has 2 aliphatic rings. The predicted octanol–water partition coefficient (Wildman–Crippen LogP) is 3.88.